The van der Waals surface area contributed by atoms with Crippen LogP contribution >= 0.6 is 11.6 Å². The van der Waals surface area contributed by atoms with E-state index in [1.807, 2.05) is 30.0 Å². The van der Waals surface area contributed by atoms with E-state index in [2.05, 4.69) is 18.0 Å². The number of halogens is 1. The van der Waals surface area contributed by atoms with E-state index < -0.39 is 0 Å². The van der Waals surface area contributed by atoms with Crippen molar-refractivity contribution in [3.05, 3.63) is 63.9 Å². The highest BCUT2D eigenvalue weighted by Crippen LogP contribution is 2.31. The summed E-state index contributed by atoms with van der Waals surface area (Å²) in [6.07, 6.45) is 5.56. The zero-order valence-corrected chi connectivity index (χ0v) is 14.3. The van der Waals surface area contributed by atoms with Gasteiger partial charge in [-0.05, 0) is 61.6 Å². The van der Waals surface area contributed by atoms with Crippen molar-refractivity contribution in [2.45, 2.75) is 32.6 Å². The second-order valence-electron chi connectivity index (χ2n) is 6.34. The molecule has 2 aromatic rings. The van der Waals surface area contributed by atoms with Crippen molar-refractivity contribution >= 4 is 17.5 Å². The molecule has 1 aromatic heterocycles. The molecule has 1 fully saturated rings. The summed E-state index contributed by atoms with van der Waals surface area (Å²) < 4.78 is 0. The van der Waals surface area contributed by atoms with Crippen molar-refractivity contribution in [1.29, 1.82) is 0 Å². The van der Waals surface area contributed by atoms with Crippen LogP contribution in [0.15, 0.2) is 36.7 Å². The lowest BCUT2D eigenvalue weighted by Crippen LogP contribution is -2.39. The number of piperidine rings is 1. The quantitative estimate of drug-likeness (QED) is 0.820. The van der Waals surface area contributed by atoms with Gasteiger partial charge in [-0.25, -0.2) is 0 Å². The standard InChI is InChI=1S/C19H21ClN2O/c1-13-8-16(11-21-10-13)19(23)22-7-3-4-15(12-22)18-6-5-17(20)9-14(18)2/h5-6,8-11,15H,3-4,7,12H2,1-2H3. The summed E-state index contributed by atoms with van der Waals surface area (Å²) in [6.45, 7) is 5.62. The molecule has 1 saturated heterocycles. The number of aromatic nitrogens is 1. The van der Waals surface area contributed by atoms with E-state index in [0.29, 0.717) is 11.5 Å². The number of pyridine rings is 1. The maximum Gasteiger partial charge on any atom is 0.255 e. The number of carbonyl (C=O) groups is 1. The number of nitrogens with zero attached hydrogens (tertiary/aromatic N) is 2. The van der Waals surface area contributed by atoms with Crippen molar-refractivity contribution in [2.75, 3.05) is 13.1 Å². The minimum absolute atomic E-state index is 0.0810. The topological polar surface area (TPSA) is 33.2 Å². The Hall–Kier alpha value is -1.87. The number of rotatable bonds is 2. The summed E-state index contributed by atoms with van der Waals surface area (Å²) in [4.78, 5) is 18.8. The van der Waals surface area contributed by atoms with Gasteiger partial charge < -0.3 is 4.90 Å². The Morgan fingerprint density at radius 2 is 2.09 bits per heavy atom. The van der Waals surface area contributed by atoms with E-state index in [1.54, 1.807) is 12.4 Å². The van der Waals surface area contributed by atoms with Crippen LogP contribution in [0.4, 0.5) is 0 Å². The summed E-state index contributed by atoms with van der Waals surface area (Å²) >= 11 is 6.06. The van der Waals surface area contributed by atoms with Crippen LogP contribution in [0.3, 0.4) is 0 Å². The average Bonchev–Trinajstić information content (AvgIpc) is 2.54. The predicted octanol–water partition coefficient (Wildman–Crippen LogP) is 4.37. The van der Waals surface area contributed by atoms with Crippen molar-refractivity contribution in [3.8, 4) is 0 Å². The lowest BCUT2D eigenvalue weighted by Gasteiger charge is -2.33. The normalized spacial score (nSPS) is 18.0. The first kappa shape index (κ1) is 16.0. The summed E-state index contributed by atoms with van der Waals surface area (Å²) in [5.41, 5.74) is 4.19. The Labute approximate surface area is 142 Å². The molecule has 4 heteroatoms. The highest BCUT2D eigenvalue weighted by Gasteiger charge is 2.26. The number of hydrogen-bond donors (Lipinski definition) is 0. The molecule has 0 bridgehead atoms. The number of carbonyl (C=O) groups excluding carboxylic acids is 1. The van der Waals surface area contributed by atoms with Gasteiger partial charge in [-0.15, -0.1) is 0 Å². The second kappa shape index (κ2) is 6.71. The Morgan fingerprint density at radius 3 is 2.83 bits per heavy atom. The van der Waals surface area contributed by atoms with Gasteiger partial charge >= 0.3 is 0 Å². The predicted molar refractivity (Wildman–Crippen MR) is 93.0 cm³/mol. The Morgan fingerprint density at radius 1 is 1.26 bits per heavy atom. The molecule has 23 heavy (non-hydrogen) atoms. The monoisotopic (exact) mass is 328 g/mol. The molecule has 1 aromatic carbocycles. The molecule has 0 spiro atoms. The van der Waals surface area contributed by atoms with Gasteiger partial charge in [0.15, 0.2) is 0 Å². The van der Waals surface area contributed by atoms with Crippen molar-refractivity contribution in [2.24, 2.45) is 0 Å². The van der Waals surface area contributed by atoms with Crippen LogP contribution in [0.1, 0.15) is 45.8 Å². The van der Waals surface area contributed by atoms with Gasteiger partial charge in [0.2, 0.25) is 0 Å². The lowest BCUT2D eigenvalue weighted by atomic mass is 9.88. The molecule has 2 heterocycles. The van der Waals surface area contributed by atoms with E-state index in [0.717, 1.165) is 36.5 Å². The number of benzene rings is 1. The Bertz CT molecular complexity index is 729. The molecule has 0 N–H and O–H groups in total. The molecule has 1 amide bonds. The van der Waals surface area contributed by atoms with Crippen LogP contribution in [0.2, 0.25) is 5.02 Å². The number of hydrogen-bond acceptors (Lipinski definition) is 2. The number of aryl methyl sites for hydroxylation is 2. The van der Waals surface area contributed by atoms with Crippen LogP contribution in [-0.4, -0.2) is 28.9 Å². The van der Waals surface area contributed by atoms with Gasteiger partial charge in [0.1, 0.15) is 0 Å². The summed E-state index contributed by atoms with van der Waals surface area (Å²) in [6, 6.07) is 7.95. The fraction of sp³-hybridized carbons (Fsp3) is 0.368. The molecule has 120 valence electrons. The molecule has 3 rings (SSSR count). The SMILES string of the molecule is Cc1cncc(C(=O)N2CCCC(c3ccc(Cl)cc3C)C2)c1. The highest BCUT2D eigenvalue weighted by molar-refractivity contribution is 6.30. The third-order valence-electron chi connectivity index (χ3n) is 4.50. The van der Waals surface area contributed by atoms with Crippen molar-refractivity contribution < 1.29 is 4.79 Å². The Balaban J connectivity index is 1.79. The summed E-state index contributed by atoms with van der Waals surface area (Å²) in [7, 11) is 0. The van der Waals surface area contributed by atoms with Crippen LogP contribution in [-0.2, 0) is 0 Å². The maximum absolute atomic E-state index is 12.7. The fourth-order valence-corrected chi connectivity index (χ4v) is 3.59. The summed E-state index contributed by atoms with van der Waals surface area (Å²) in [5.74, 6) is 0.459. The minimum Gasteiger partial charge on any atom is -0.338 e. The highest BCUT2D eigenvalue weighted by atomic mass is 35.5. The molecule has 3 nitrogen and oxygen atoms in total. The first-order chi connectivity index (χ1) is 11.0. The zero-order chi connectivity index (χ0) is 16.4. The van der Waals surface area contributed by atoms with E-state index in [4.69, 9.17) is 11.6 Å². The summed E-state index contributed by atoms with van der Waals surface area (Å²) in [5, 5.41) is 0.765. The van der Waals surface area contributed by atoms with Gasteiger partial charge in [-0.2, -0.15) is 0 Å². The third kappa shape index (κ3) is 3.56. The van der Waals surface area contributed by atoms with Crippen LogP contribution in [0, 0.1) is 13.8 Å². The molecular formula is C19H21ClN2O. The molecule has 1 aliphatic heterocycles. The Kier molecular flexibility index (Phi) is 4.67. The third-order valence-corrected chi connectivity index (χ3v) is 4.74. The van der Waals surface area contributed by atoms with Gasteiger partial charge in [0.25, 0.3) is 5.91 Å². The molecule has 0 saturated carbocycles. The zero-order valence-electron chi connectivity index (χ0n) is 13.6. The molecule has 0 aliphatic carbocycles. The largest absolute Gasteiger partial charge is 0.338 e. The van der Waals surface area contributed by atoms with E-state index in [-0.39, 0.29) is 5.91 Å². The smallest absolute Gasteiger partial charge is 0.255 e. The van der Waals surface area contributed by atoms with E-state index in [1.165, 1.54) is 11.1 Å². The first-order valence-electron chi connectivity index (χ1n) is 8.01. The van der Waals surface area contributed by atoms with E-state index in [9.17, 15) is 4.79 Å². The van der Waals surface area contributed by atoms with Crippen LogP contribution in [0.5, 0.6) is 0 Å². The molecule has 1 atom stereocenters. The van der Waals surface area contributed by atoms with Crippen molar-refractivity contribution in [3.63, 3.8) is 0 Å². The first-order valence-corrected chi connectivity index (χ1v) is 8.39. The number of amides is 1. The minimum atomic E-state index is 0.0810. The fourth-order valence-electron chi connectivity index (χ4n) is 3.37. The van der Waals surface area contributed by atoms with Crippen LogP contribution in [0.25, 0.3) is 0 Å². The van der Waals surface area contributed by atoms with E-state index >= 15 is 0 Å². The molecule has 1 unspecified atom stereocenters. The second-order valence-corrected chi connectivity index (χ2v) is 6.78. The lowest BCUT2D eigenvalue weighted by molar-refractivity contribution is 0.0706. The number of likely N-dealkylation sites (tertiary alicyclic amines) is 1. The van der Waals surface area contributed by atoms with Gasteiger partial charge in [0, 0.05) is 36.4 Å². The van der Waals surface area contributed by atoms with Crippen LogP contribution < -0.4 is 0 Å². The maximum atomic E-state index is 12.7. The molecule has 1 aliphatic rings. The van der Waals surface area contributed by atoms with Gasteiger partial charge in [-0.3, -0.25) is 9.78 Å². The van der Waals surface area contributed by atoms with Gasteiger partial charge in [0.05, 0.1) is 5.56 Å². The average molecular weight is 329 g/mol. The molecule has 0 radical (unpaired) electrons. The molecular weight excluding hydrogens is 308 g/mol. The van der Waals surface area contributed by atoms with Gasteiger partial charge in [-0.1, -0.05) is 17.7 Å². The van der Waals surface area contributed by atoms with Crippen molar-refractivity contribution in [1.82, 2.24) is 9.88 Å².